The van der Waals surface area contributed by atoms with Crippen molar-refractivity contribution in [2.45, 2.75) is 49.2 Å². The molecule has 5 aromatic rings. The van der Waals surface area contributed by atoms with E-state index in [1.54, 1.807) is 80.6 Å². The second-order valence-electron chi connectivity index (χ2n) is 13.0. The van der Waals surface area contributed by atoms with Crippen LogP contribution in [-0.2, 0) is 27.2 Å². The summed E-state index contributed by atoms with van der Waals surface area (Å²) in [7, 11) is 3.01. The van der Waals surface area contributed by atoms with Gasteiger partial charge in [-0.2, -0.15) is 0 Å². The Morgan fingerprint density at radius 3 is 2.34 bits per heavy atom. The molecule has 12 heteroatoms. The molecule has 56 heavy (non-hydrogen) atoms. The molecule has 4 aromatic carbocycles. The van der Waals surface area contributed by atoms with Gasteiger partial charge in [-0.3, -0.25) is 14.4 Å². The topological polar surface area (TPSA) is 132 Å². The molecule has 0 aliphatic heterocycles. The highest BCUT2D eigenvalue weighted by atomic mass is 32.2. The number of hydrogen-bond acceptors (Lipinski definition) is 9. The van der Waals surface area contributed by atoms with Crippen LogP contribution in [0, 0.1) is 0 Å². The third kappa shape index (κ3) is 9.50. The Morgan fingerprint density at radius 1 is 0.893 bits per heavy atom. The number of ether oxygens (including phenoxy) is 3. The number of nitrogens with one attached hydrogen (secondary N) is 3. The van der Waals surface area contributed by atoms with E-state index in [-0.39, 0.29) is 18.2 Å². The van der Waals surface area contributed by atoms with Crippen LogP contribution in [0.2, 0.25) is 0 Å². The van der Waals surface area contributed by atoms with Crippen LogP contribution in [0.5, 0.6) is 11.5 Å². The third-order valence-electron chi connectivity index (χ3n) is 9.29. The largest absolute Gasteiger partial charge is 0.493 e. The van der Waals surface area contributed by atoms with Crippen LogP contribution in [0.25, 0.3) is 6.08 Å². The van der Waals surface area contributed by atoms with Gasteiger partial charge < -0.3 is 30.2 Å². The lowest BCUT2D eigenvalue weighted by molar-refractivity contribution is -0.115. The van der Waals surface area contributed by atoms with Gasteiger partial charge in [-0.1, -0.05) is 66.7 Å². The molecule has 3 amide bonds. The van der Waals surface area contributed by atoms with Gasteiger partial charge in [0.1, 0.15) is 10.7 Å². The Balaban J connectivity index is 1.18. The Morgan fingerprint density at radius 2 is 1.62 bits per heavy atom. The predicted octanol–water partition coefficient (Wildman–Crippen LogP) is 8.74. The van der Waals surface area contributed by atoms with Crippen LogP contribution in [0.3, 0.4) is 0 Å². The highest BCUT2D eigenvalue weighted by molar-refractivity contribution is 8.00. The minimum atomic E-state index is -0.574. The number of carbonyl (C=O) groups excluding carboxylic acids is 4. The molecule has 0 saturated heterocycles. The van der Waals surface area contributed by atoms with Gasteiger partial charge in [0, 0.05) is 26.6 Å². The second kappa shape index (κ2) is 18.7. The number of hydrogen-bond donors (Lipinski definition) is 3. The first-order valence-electron chi connectivity index (χ1n) is 18.2. The van der Waals surface area contributed by atoms with Crippen LogP contribution >= 0.6 is 23.1 Å². The van der Waals surface area contributed by atoms with Crippen LogP contribution in [0.15, 0.2) is 114 Å². The van der Waals surface area contributed by atoms with Gasteiger partial charge >= 0.3 is 5.97 Å². The lowest BCUT2D eigenvalue weighted by atomic mass is 9.83. The molecule has 1 aliphatic carbocycles. The fraction of sp³-hybridized carbons (Fsp3) is 0.227. The number of para-hydroxylation sites is 1. The average molecular weight is 790 g/mol. The molecular formula is C44H43N3O7S2. The van der Waals surface area contributed by atoms with E-state index in [0.717, 1.165) is 34.6 Å². The maximum absolute atomic E-state index is 13.8. The van der Waals surface area contributed by atoms with Crippen molar-refractivity contribution in [3.8, 4) is 11.5 Å². The van der Waals surface area contributed by atoms with Crippen LogP contribution in [0.4, 0.5) is 10.7 Å². The molecule has 2 atom stereocenters. The predicted molar refractivity (Wildman–Crippen MR) is 222 cm³/mol. The number of anilines is 2. The number of methoxy groups -OCH3 is 2. The zero-order valence-corrected chi connectivity index (χ0v) is 33.2. The number of carbonyl (C=O) groups is 4. The fourth-order valence-corrected chi connectivity index (χ4v) is 8.79. The lowest BCUT2D eigenvalue weighted by Crippen LogP contribution is -2.30. The van der Waals surface area contributed by atoms with Gasteiger partial charge in [0.05, 0.1) is 31.6 Å². The molecule has 0 radical (unpaired) electrons. The minimum Gasteiger partial charge on any atom is -0.493 e. The van der Waals surface area contributed by atoms with Crippen molar-refractivity contribution >= 4 is 63.6 Å². The summed E-state index contributed by atoms with van der Waals surface area (Å²) in [5.74, 6) is -0.546. The first kappa shape index (κ1) is 39.8. The quantitative estimate of drug-likeness (QED) is 0.0579. The second-order valence-corrected chi connectivity index (χ2v) is 15.5. The summed E-state index contributed by atoms with van der Waals surface area (Å²) < 4.78 is 16.4. The summed E-state index contributed by atoms with van der Waals surface area (Å²) in [6.45, 7) is 3.79. The molecule has 2 unspecified atom stereocenters. The van der Waals surface area contributed by atoms with Crippen molar-refractivity contribution in [2.24, 2.45) is 0 Å². The number of amides is 3. The van der Waals surface area contributed by atoms with E-state index < -0.39 is 23.0 Å². The van der Waals surface area contributed by atoms with Gasteiger partial charge in [-0.25, -0.2) is 4.79 Å². The van der Waals surface area contributed by atoms with E-state index in [4.69, 9.17) is 14.2 Å². The first-order chi connectivity index (χ1) is 27.2. The molecule has 288 valence electrons. The summed E-state index contributed by atoms with van der Waals surface area (Å²) >= 11 is 2.75. The SMILES string of the molecule is CCOC(=O)c1c(NC(=O)C(C)Sc2cccc(NC(=O)/C(=C\c3cccc(OC)c3OC)NC(=O)c3ccccc3)c2)sc2c1CCC(c1ccccc1)C2. The van der Waals surface area contributed by atoms with Crippen molar-refractivity contribution in [2.75, 3.05) is 31.5 Å². The maximum Gasteiger partial charge on any atom is 0.341 e. The van der Waals surface area contributed by atoms with Crippen molar-refractivity contribution in [1.29, 1.82) is 0 Å². The Bertz CT molecular complexity index is 2240. The van der Waals surface area contributed by atoms with E-state index >= 15 is 0 Å². The summed E-state index contributed by atoms with van der Waals surface area (Å²) in [6, 6.07) is 31.3. The number of thioether (sulfide) groups is 1. The summed E-state index contributed by atoms with van der Waals surface area (Å²) in [5, 5.41) is 8.61. The molecular weight excluding hydrogens is 747 g/mol. The average Bonchev–Trinajstić information content (AvgIpc) is 3.58. The smallest absolute Gasteiger partial charge is 0.341 e. The number of thiophene rings is 1. The van der Waals surface area contributed by atoms with Gasteiger partial charge in [0.15, 0.2) is 11.5 Å². The summed E-state index contributed by atoms with van der Waals surface area (Å²) in [4.78, 5) is 55.7. The van der Waals surface area contributed by atoms with Gasteiger partial charge in [-0.05, 0) is 92.6 Å². The molecule has 0 saturated carbocycles. The molecule has 0 bridgehead atoms. The van der Waals surface area contributed by atoms with Gasteiger partial charge in [-0.15, -0.1) is 23.1 Å². The molecule has 10 nitrogen and oxygen atoms in total. The summed E-state index contributed by atoms with van der Waals surface area (Å²) in [5.41, 5.74) is 3.99. The minimum absolute atomic E-state index is 0.0256. The molecule has 0 fully saturated rings. The number of benzene rings is 4. The highest BCUT2D eigenvalue weighted by Crippen LogP contribution is 2.43. The zero-order chi connectivity index (χ0) is 39.6. The highest BCUT2D eigenvalue weighted by Gasteiger charge is 2.31. The van der Waals surface area contributed by atoms with Gasteiger partial charge in [0.2, 0.25) is 5.91 Å². The number of esters is 1. The van der Waals surface area contributed by atoms with E-state index in [9.17, 15) is 19.2 Å². The molecule has 1 aromatic heterocycles. The number of rotatable bonds is 14. The van der Waals surface area contributed by atoms with Crippen molar-refractivity contribution in [1.82, 2.24) is 5.32 Å². The standard InChI is InChI=1S/C44H43N3O7S2/c1-5-54-44(51)38-34-23-22-30(28-14-8-6-9-15-28)25-37(34)56-43(38)47-40(48)27(2)55-33-20-13-19-32(26-33)45-42(50)35(46-41(49)29-16-10-7-11-17-29)24-31-18-12-21-36(52-3)39(31)53-4/h6-21,24,26-27,30H,5,22-23,25H2,1-4H3,(H,45,50)(H,46,49)(H,47,48)/b35-24+. The maximum atomic E-state index is 13.8. The Kier molecular flexibility index (Phi) is 13.3. The van der Waals surface area contributed by atoms with E-state index in [1.165, 1.54) is 49.0 Å². The lowest BCUT2D eigenvalue weighted by Gasteiger charge is -2.23. The monoisotopic (exact) mass is 789 g/mol. The Labute approximate surface area is 334 Å². The van der Waals surface area contributed by atoms with E-state index in [0.29, 0.717) is 44.8 Å². The molecule has 0 spiro atoms. The molecule has 1 heterocycles. The van der Waals surface area contributed by atoms with Crippen LogP contribution < -0.4 is 25.4 Å². The summed E-state index contributed by atoms with van der Waals surface area (Å²) in [6.07, 6.45) is 3.93. The van der Waals surface area contributed by atoms with E-state index in [2.05, 4.69) is 28.1 Å². The first-order valence-corrected chi connectivity index (χ1v) is 19.9. The Hall–Kier alpha value is -5.85. The normalized spacial score (nSPS) is 14.1. The molecule has 6 rings (SSSR count). The van der Waals surface area contributed by atoms with E-state index in [1.807, 2.05) is 24.3 Å². The van der Waals surface area contributed by atoms with Crippen molar-refractivity contribution in [3.05, 3.63) is 142 Å². The van der Waals surface area contributed by atoms with Gasteiger partial charge in [0.25, 0.3) is 11.8 Å². The van der Waals surface area contributed by atoms with Crippen molar-refractivity contribution < 1.29 is 33.4 Å². The third-order valence-corrected chi connectivity index (χ3v) is 11.6. The zero-order valence-electron chi connectivity index (χ0n) is 31.5. The molecule has 3 N–H and O–H groups in total. The fourth-order valence-electron chi connectivity index (χ4n) is 6.54. The van der Waals surface area contributed by atoms with Crippen molar-refractivity contribution in [3.63, 3.8) is 0 Å². The van der Waals surface area contributed by atoms with Crippen LogP contribution in [-0.4, -0.2) is 49.8 Å². The number of fused-ring (bicyclic) bond motifs is 1. The molecule has 1 aliphatic rings. The van der Waals surface area contributed by atoms with Crippen LogP contribution in [0.1, 0.15) is 68.5 Å².